The number of nitrogens with one attached hydrogen (secondary N) is 2. The first kappa shape index (κ1) is 15.0. The van der Waals surface area contributed by atoms with Crippen LogP contribution in [-0.4, -0.2) is 19.9 Å². The van der Waals surface area contributed by atoms with E-state index in [1.54, 1.807) is 18.3 Å². The van der Waals surface area contributed by atoms with E-state index >= 15 is 0 Å². The van der Waals surface area contributed by atoms with Gasteiger partial charge in [0.1, 0.15) is 23.7 Å². The van der Waals surface area contributed by atoms with Crippen LogP contribution in [0.15, 0.2) is 43.0 Å². The zero-order valence-electron chi connectivity index (χ0n) is 12.3. The SMILES string of the molecule is Cc1cccnc1Nc1ncnc(Nc2ccc(Cl)cn2)c1N. The van der Waals surface area contributed by atoms with Gasteiger partial charge in [0.25, 0.3) is 0 Å². The third-order valence-electron chi connectivity index (χ3n) is 3.10. The first-order chi connectivity index (χ1) is 11.1. The molecule has 0 aliphatic carbocycles. The van der Waals surface area contributed by atoms with Crippen molar-refractivity contribution in [2.45, 2.75) is 6.92 Å². The molecule has 23 heavy (non-hydrogen) atoms. The zero-order chi connectivity index (χ0) is 16.2. The molecule has 0 unspecified atom stereocenters. The van der Waals surface area contributed by atoms with Crippen LogP contribution in [0.4, 0.5) is 29.0 Å². The van der Waals surface area contributed by atoms with Crippen molar-refractivity contribution in [2.24, 2.45) is 0 Å². The first-order valence-electron chi connectivity index (χ1n) is 6.81. The normalized spacial score (nSPS) is 10.3. The second kappa shape index (κ2) is 6.45. The largest absolute Gasteiger partial charge is 0.393 e. The smallest absolute Gasteiger partial charge is 0.160 e. The fraction of sp³-hybridized carbons (Fsp3) is 0.0667. The number of aryl methyl sites for hydroxylation is 1. The van der Waals surface area contributed by atoms with E-state index in [1.807, 2.05) is 19.1 Å². The van der Waals surface area contributed by atoms with Crippen LogP contribution in [0.3, 0.4) is 0 Å². The molecule has 0 aliphatic heterocycles. The molecule has 3 heterocycles. The number of anilines is 5. The molecule has 116 valence electrons. The molecule has 7 nitrogen and oxygen atoms in total. The Bertz CT molecular complexity index is 820. The Kier molecular flexibility index (Phi) is 4.20. The molecule has 0 atom stereocenters. The zero-order valence-corrected chi connectivity index (χ0v) is 13.0. The van der Waals surface area contributed by atoms with Gasteiger partial charge in [-0.1, -0.05) is 17.7 Å². The van der Waals surface area contributed by atoms with Crippen molar-refractivity contribution in [3.05, 3.63) is 53.6 Å². The van der Waals surface area contributed by atoms with Gasteiger partial charge < -0.3 is 16.4 Å². The van der Waals surface area contributed by atoms with E-state index in [4.69, 9.17) is 17.3 Å². The summed E-state index contributed by atoms with van der Waals surface area (Å²) in [6.07, 6.45) is 4.65. The summed E-state index contributed by atoms with van der Waals surface area (Å²) in [5, 5.41) is 6.70. The predicted octanol–water partition coefficient (Wildman–Crippen LogP) is 3.30. The highest BCUT2D eigenvalue weighted by Gasteiger charge is 2.10. The molecular weight excluding hydrogens is 314 g/mol. The van der Waals surface area contributed by atoms with E-state index in [1.165, 1.54) is 12.5 Å². The number of aromatic nitrogens is 4. The molecule has 3 aromatic heterocycles. The number of nitrogens with two attached hydrogens (primary N) is 1. The molecule has 3 rings (SSSR count). The molecule has 0 aliphatic rings. The third-order valence-corrected chi connectivity index (χ3v) is 3.33. The molecule has 0 radical (unpaired) electrons. The molecule has 0 spiro atoms. The lowest BCUT2D eigenvalue weighted by Crippen LogP contribution is -2.06. The van der Waals surface area contributed by atoms with Crippen LogP contribution in [0.5, 0.6) is 0 Å². The molecule has 0 fully saturated rings. The molecule has 0 aromatic carbocycles. The Morgan fingerprint density at radius 1 is 0.957 bits per heavy atom. The number of halogens is 1. The number of pyridine rings is 2. The average molecular weight is 328 g/mol. The molecule has 4 N–H and O–H groups in total. The van der Waals surface area contributed by atoms with Gasteiger partial charge in [-0.25, -0.2) is 19.9 Å². The lowest BCUT2D eigenvalue weighted by molar-refractivity contribution is 1.15. The highest BCUT2D eigenvalue weighted by Crippen LogP contribution is 2.27. The van der Waals surface area contributed by atoms with E-state index in [0.717, 1.165) is 5.56 Å². The van der Waals surface area contributed by atoms with Gasteiger partial charge in [0.05, 0.1) is 5.02 Å². The summed E-state index contributed by atoms with van der Waals surface area (Å²) in [5.41, 5.74) is 7.48. The predicted molar refractivity (Wildman–Crippen MR) is 91.2 cm³/mol. The van der Waals surface area contributed by atoms with Gasteiger partial charge in [-0.2, -0.15) is 0 Å². The number of nitrogen functional groups attached to an aromatic ring is 1. The topological polar surface area (TPSA) is 102 Å². The maximum Gasteiger partial charge on any atom is 0.160 e. The minimum atomic E-state index is 0.370. The van der Waals surface area contributed by atoms with E-state index in [-0.39, 0.29) is 0 Å². The van der Waals surface area contributed by atoms with Crippen molar-refractivity contribution in [3.63, 3.8) is 0 Å². The summed E-state index contributed by atoms with van der Waals surface area (Å²) in [4.78, 5) is 16.7. The van der Waals surface area contributed by atoms with Gasteiger partial charge >= 0.3 is 0 Å². The van der Waals surface area contributed by atoms with Crippen LogP contribution in [0, 0.1) is 6.92 Å². The van der Waals surface area contributed by atoms with Crippen molar-refractivity contribution in [3.8, 4) is 0 Å². The van der Waals surface area contributed by atoms with E-state index < -0.39 is 0 Å². The molecular formula is C15H14ClN7. The number of rotatable bonds is 4. The van der Waals surface area contributed by atoms with Crippen LogP contribution < -0.4 is 16.4 Å². The Balaban J connectivity index is 1.86. The molecule has 0 bridgehead atoms. The second-order valence-corrected chi connectivity index (χ2v) is 5.20. The van der Waals surface area contributed by atoms with E-state index in [0.29, 0.717) is 34.0 Å². The molecule has 0 amide bonds. The first-order valence-corrected chi connectivity index (χ1v) is 7.19. The number of hydrogen-bond acceptors (Lipinski definition) is 7. The number of nitrogens with zero attached hydrogens (tertiary/aromatic N) is 4. The highest BCUT2D eigenvalue weighted by atomic mass is 35.5. The van der Waals surface area contributed by atoms with Crippen LogP contribution in [0.25, 0.3) is 0 Å². The summed E-state index contributed by atoms with van der Waals surface area (Å²) >= 11 is 5.82. The molecule has 0 saturated heterocycles. The van der Waals surface area contributed by atoms with E-state index in [2.05, 4.69) is 30.6 Å². The lowest BCUT2D eigenvalue weighted by Gasteiger charge is -2.12. The second-order valence-electron chi connectivity index (χ2n) is 4.77. The van der Waals surface area contributed by atoms with Gasteiger partial charge in [0, 0.05) is 12.4 Å². The summed E-state index contributed by atoms with van der Waals surface area (Å²) in [7, 11) is 0. The highest BCUT2D eigenvalue weighted by molar-refractivity contribution is 6.30. The van der Waals surface area contributed by atoms with Gasteiger partial charge in [0.15, 0.2) is 11.6 Å². The summed E-state index contributed by atoms with van der Waals surface area (Å²) in [5.74, 6) is 2.19. The minimum Gasteiger partial charge on any atom is -0.393 e. The number of hydrogen-bond donors (Lipinski definition) is 3. The van der Waals surface area contributed by atoms with Gasteiger partial charge in [-0.15, -0.1) is 0 Å². The molecule has 3 aromatic rings. The lowest BCUT2D eigenvalue weighted by atomic mass is 10.3. The molecule has 8 heteroatoms. The fourth-order valence-corrected chi connectivity index (χ4v) is 2.01. The quantitative estimate of drug-likeness (QED) is 0.675. The maximum absolute atomic E-state index is 6.13. The Hall–Kier alpha value is -2.93. The van der Waals surface area contributed by atoms with Crippen LogP contribution in [0.1, 0.15) is 5.56 Å². The van der Waals surface area contributed by atoms with Gasteiger partial charge in [-0.3, -0.25) is 0 Å². The Morgan fingerprint density at radius 2 is 1.74 bits per heavy atom. The molecule has 0 saturated carbocycles. The van der Waals surface area contributed by atoms with Crippen molar-refractivity contribution >= 4 is 40.6 Å². The Morgan fingerprint density at radius 3 is 2.43 bits per heavy atom. The van der Waals surface area contributed by atoms with Crippen LogP contribution >= 0.6 is 11.6 Å². The van der Waals surface area contributed by atoms with Crippen molar-refractivity contribution < 1.29 is 0 Å². The van der Waals surface area contributed by atoms with E-state index in [9.17, 15) is 0 Å². The average Bonchev–Trinajstić information content (AvgIpc) is 2.55. The van der Waals surface area contributed by atoms with Crippen molar-refractivity contribution in [1.29, 1.82) is 0 Å². The third kappa shape index (κ3) is 3.46. The van der Waals surface area contributed by atoms with Gasteiger partial charge in [-0.05, 0) is 30.7 Å². The fourth-order valence-electron chi connectivity index (χ4n) is 1.89. The maximum atomic E-state index is 6.13. The van der Waals surface area contributed by atoms with Crippen LogP contribution in [0.2, 0.25) is 5.02 Å². The van der Waals surface area contributed by atoms with Crippen LogP contribution in [-0.2, 0) is 0 Å². The monoisotopic (exact) mass is 327 g/mol. The Labute approximate surface area is 138 Å². The minimum absolute atomic E-state index is 0.370. The summed E-state index contributed by atoms with van der Waals surface area (Å²) in [6.45, 7) is 1.95. The standard InChI is InChI=1S/C15H14ClN7/c1-9-3-2-6-18-13(9)23-15-12(17)14(20-8-21-15)22-11-5-4-10(16)7-19-11/h2-8H,17H2,1H3,(H2,18,19,20,21,22,23). The summed E-state index contributed by atoms with van der Waals surface area (Å²) in [6, 6.07) is 7.27. The summed E-state index contributed by atoms with van der Waals surface area (Å²) < 4.78 is 0. The van der Waals surface area contributed by atoms with Crippen molar-refractivity contribution in [2.75, 3.05) is 16.4 Å². The van der Waals surface area contributed by atoms with Crippen molar-refractivity contribution in [1.82, 2.24) is 19.9 Å². The van der Waals surface area contributed by atoms with Gasteiger partial charge in [0.2, 0.25) is 0 Å².